The Morgan fingerprint density at radius 2 is 2.27 bits per heavy atom. The average Bonchev–Trinajstić information content (AvgIpc) is 2.60. The standard InChI is InChI=1S/C9H13ClN2OS.ClH/c1-6(11-2)5-12-9(13)7-3-4-8(10)14-7;/h3-4,6,11H,5H2,1-2H3,(H,12,13);1H. The van der Waals surface area contributed by atoms with E-state index >= 15 is 0 Å². The maximum Gasteiger partial charge on any atom is 0.261 e. The van der Waals surface area contributed by atoms with Gasteiger partial charge in [0, 0.05) is 12.6 Å². The Kier molecular flexibility index (Phi) is 6.92. The number of hydrogen-bond acceptors (Lipinski definition) is 3. The van der Waals surface area contributed by atoms with E-state index in [1.54, 1.807) is 12.1 Å². The van der Waals surface area contributed by atoms with Crippen molar-refractivity contribution in [3.05, 3.63) is 21.3 Å². The monoisotopic (exact) mass is 268 g/mol. The van der Waals surface area contributed by atoms with Crippen LogP contribution in [-0.4, -0.2) is 25.5 Å². The fourth-order valence-electron chi connectivity index (χ4n) is 0.871. The number of carbonyl (C=O) groups excluding carboxylic acids is 1. The molecule has 0 saturated carbocycles. The summed E-state index contributed by atoms with van der Waals surface area (Å²) in [5.41, 5.74) is 0. The lowest BCUT2D eigenvalue weighted by atomic mass is 10.3. The lowest BCUT2D eigenvalue weighted by molar-refractivity contribution is 0.0954. The molecule has 15 heavy (non-hydrogen) atoms. The van der Waals surface area contributed by atoms with Crippen LogP contribution in [0.5, 0.6) is 0 Å². The van der Waals surface area contributed by atoms with Gasteiger partial charge in [0.05, 0.1) is 9.21 Å². The van der Waals surface area contributed by atoms with Gasteiger partial charge < -0.3 is 10.6 Å². The Bertz CT molecular complexity index is 317. The molecule has 1 aromatic rings. The Morgan fingerprint density at radius 3 is 2.73 bits per heavy atom. The second kappa shape index (κ2) is 7.06. The number of rotatable bonds is 4. The molecule has 1 aromatic heterocycles. The third kappa shape index (κ3) is 4.84. The minimum Gasteiger partial charge on any atom is -0.350 e. The molecule has 1 atom stereocenters. The van der Waals surface area contributed by atoms with E-state index < -0.39 is 0 Å². The van der Waals surface area contributed by atoms with E-state index in [1.807, 2.05) is 14.0 Å². The van der Waals surface area contributed by atoms with Crippen LogP contribution >= 0.6 is 35.3 Å². The summed E-state index contributed by atoms with van der Waals surface area (Å²) in [5.74, 6) is -0.0657. The second-order valence-electron chi connectivity index (χ2n) is 3.00. The van der Waals surface area contributed by atoms with Crippen molar-refractivity contribution in [1.29, 1.82) is 0 Å². The number of halogens is 2. The molecule has 0 aliphatic rings. The largest absolute Gasteiger partial charge is 0.350 e. The van der Waals surface area contributed by atoms with Gasteiger partial charge in [-0.1, -0.05) is 11.6 Å². The fraction of sp³-hybridized carbons (Fsp3) is 0.444. The zero-order valence-corrected chi connectivity index (χ0v) is 10.9. The first-order chi connectivity index (χ1) is 6.63. The zero-order chi connectivity index (χ0) is 10.6. The molecule has 86 valence electrons. The SMILES string of the molecule is CNC(C)CNC(=O)c1ccc(Cl)s1.Cl. The van der Waals surface area contributed by atoms with Crippen LogP contribution < -0.4 is 10.6 Å². The van der Waals surface area contributed by atoms with E-state index in [9.17, 15) is 4.79 Å². The van der Waals surface area contributed by atoms with Crippen LogP contribution in [0.25, 0.3) is 0 Å². The Labute approximate surface area is 105 Å². The summed E-state index contributed by atoms with van der Waals surface area (Å²) in [6.45, 7) is 2.62. The predicted molar refractivity (Wildman–Crippen MR) is 67.4 cm³/mol. The normalized spacial score (nSPS) is 11.7. The molecule has 1 rings (SSSR count). The molecule has 0 aliphatic carbocycles. The summed E-state index contributed by atoms with van der Waals surface area (Å²) in [4.78, 5) is 12.1. The van der Waals surface area contributed by atoms with Gasteiger partial charge in [-0.2, -0.15) is 0 Å². The Hall–Kier alpha value is -0.290. The zero-order valence-electron chi connectivity index (χ0n) is 8.54. The van der Waals surface area contributed by atoms with Crippen molar-refractivity contribution in [3.63, 3.8) is 0 Å². The van der Waals surface area contributed by atoms with Gasteiger partial charge in [-0.05, 0) is 26.1 Å². The molecule has 2 N–H and O–H groups in total. The highest BCUT2D eigenvalue weighted by molar-refractivity contribution is 7.17. The quantitative estimate of drug-likeness (QED) is 0.879. The summed E-state index contributed by atoms with van der Waals surface area (Å²) in [5, 5.41) is 5.85. The number of hydrogen-bond donors (Lipinski definition) is 2. The number of likely N-dealkylation sites (N-methyl/N-ethyl adjacent to an activating group) is 1. The average molecular weight is 269 g/mol. The molecular weight excluding hydrogens is 255 g/mol. The molecule has 1 unspecified atom stereocenters. The van der Waals surface area contributed by atoms with Gasteiger partial charge in [0.1, 0.15) is 0 Å². The van der Waals surface area contributed by atoms with Crippen molar-refractivity contribution < 1.29 is 4.79 Å². The highest BCUT2D eigenvalue weighted by atomic mass is 35.5. The summed E-state index contributed by atoms with van der Waals surface area (Å²) in [6, 6.07) is 3.73. The minimum atomic E-state index is -0.0657. The maximum atomic E-state index is 11.5. The first-order valence-corrected chi connectivity index (χ1v) is 5.53. The number of amides is 1. The molecule has 0 fully saturated rings. The smallest absolute Gasteiger partial charge is 0.261 e. The summed E-state index contributed by atoms with van der Waals surface area (Å²) in [6.07, 6.45) is 0. The van der Waals surface area contributed by atoms with Crippen LogP contribution in [0.2, 0.25) is 4.34 Å². The van der Waals surface area contributed by atoms with Gasteiger partial charge in [-0.15, -0.1) is 23.7 Å². The summed E-state index contributed by atoms with van der Waals surface area (Å²) < 4.78 is 0.636. The van der Waals surface area contributed by atoms with Crippen LogP contribution in [0, 0.1) is 0 Å². The van der Waals surface area contributed by atoms with Crippen molar-refractivity contribution in [3.8, 4) is 0 Å². The molecule has 0 bridgehead atoms. The Balaban J connectivity index is 0.00000196. The van der Waals surface area contributed by atoms with E-state index in [0.29, 0.717) is 15.8 Å². The third-order valence-electron chi connectivity index (χ3n) is 1.86. The molecule has 0 saturated heterocycles. The number of carbonyl (C=O) groups is 1. The first-order valence-electron chi connectivity index (χ1n) is 4.34. The number of thiophene rings is 1. The van der Waals surface area contributed by atoms with Crippen molar-refractivity contribution in [2.75, 3.05) is 13.6 Å². The summed E-state index contributed by atoms with van der Waals surface area (Å²) in [7, 11) is 1.86. The third-order valence-corrected chi connectivity index (χ3v) is 3.09. The van der Waals surface area contributed by atoms with E-state index in [4.69, 9.17) is 11.6 Å². The highest BCUT2D eigenvalue weighted by Gasteiger charge is 2.08. The predicted octanol–water partition coefficient (Wildman–Crippen LogP) is 2.16. The van der Waals surface area contributed by atoms with E-state index in [1.165, 1.54) is 11.3 Å². The van der Waals surface area contributed by atoms with E-state index in [-0.39, 0.29) is 24.4 Å². The molecular formula is C9H14Cl2N2OS. The highest BCUT2D eigenvalue weighted by Crippen LogP contribution is 2.20. The van der Waals surface area contributed by atoms with Gasteiger partial charge >= 0.3 is 0 Å². The van der Waals surface area contributed by atoms with Crippen molar-refractivity contribution >= 4 is 41.3 Å². The maximum absolute atomic E-state index is 11.5. The molecule has 1 amide bonds. The van der Waals surface area contributed by atoms with Crippen molar-refractivity contribution in [2.45, 2.75) is 13.0 Å². The van der Waals surface area contributed by atoms with Gasteiger partial charge in [0.15, 0.2) is 0 Å². The molecule has 0 radical (unpaired) electrons. The fourth-order valence-corrected chi connectivity index (χ4v) is 1.83. The lowest BCUT2D eigenvalue weighted by Crippen LogP contribution is -2.36. The van der Waals surface area contributed by atoms with Gasteiger partial charge in [-0.3, -0.25) is 4.79 Å². The molecule has 3 nitrogen and oxygen atoms in total. The van der Waals surface area contributed by atoms with Crippen LogP contribution in [0.1, 0.15) is 16.6 Å². The Morgan fingerprint density at radius 1 is 1.60 bits per heavy atom. The minimum absolute atomic E-state index is 0. The van der Waals surface area contributed by atoms with Crippen LogP contribution in [-0.2, 0) is 0 Å². The van der Waals surface area contributed by atoms with Crippen LogP contribution in [0.15, 0.2) is 12.1 Å². The topological polar surface area (TPSA) is 41.1 Å². The van der Waals surface area contributed by atoms with Crippen LogP contribution in [0.3, 0.4) is 0 Å². The molecule has 0 aromatic carbocycles. The lowest BCUT2D eigenvalue weighted by Gasteiger charge is -2.10. The van der Waals surface area contributed by atoms with Crippen molar-refractivity contribution in [1.82, 2.24) is 10.6 Å². The van der Waals surface area contributed by atoms with Crippen LogP contribution in [0.4, 0.5) is 0 Å². The first kappa shape index (κ1) is 14.7. The number of nitrogens with one attached hydrogen (secondary N) is 2. The van der Waals surface area contributed by atoms with E-state index in [2.05, 4.69) is 10.6 Å². The van der Waals surface area contributed by atoms with Gasteiger partial charge in [-0.25, -0.2) is 0 Å². The van der Waals surface area contributed by atoms with Crippen molar-refractivity contribution in [2.24, 2.45) is 0 Å². The van der Waals surface area contributed by atoms with E-state index in [0.717, 1.165) is 0 Å². The second-order valence-corrected chi connectivity index (χ2v) is 4.72. The van der Waals surface area contributed by atoms with Gasteiger partial charge in [0.25, 0.3) is 5.91 Å². The molecule has 0 aliphatic heterocycles. The molecule has 1 heterocycles. The molecule has 0 spiro atoms. The van der Waals surface area contributed by atoms with Gasteiger partial charge in [0.2, 0.25) is 0 Å². The summed E-state index contributed by atoms with van der Waals surface area (Å²) >= 11 is 7.01. The molecule has 6 heteroatoms.